The number of hydrogen-bond donors (Lipinski definition) is 2. The van der Waals surface area contributed by atoms with Gasteiger partial charge < -0.3 is 20.3 Å². The van der Waals surface area contributed by atoms with E-state index in [1.165, 1.54) is 24.4 Å². The number of ether oxygens (including phenoxy) is 1. The van der Waals surface area contributed by atoms with Crippen molar-refractivity contribution in [2.75, 3.05) is 15.5 Å². The van der Waals surface area contributed by atoms with Crippen molar-refractivity contribution in [2.24, 2.45) is 4.99 Å². The standard InChI is InChI=1S/C23H22F6N4O/c1-13(2)33-19-10-5-14(22(24,25)26)12-18(19)32-21(33)31-15-6-8-16(9-7-15)34-20-17(23(27,28)29)4-3-11-30-20/h5-13,21,31-32H,3-4H2,1-2H3. The summed E-state index contributed by atoms with van der Waals surface area (Å²) in [6, 6.07) is 9.72. The van der Waals surface area contributed by atoms with E-state index in [1.54, 1.807) is 12.1 Å². The molecular weight excluding hydrogens is 462 g/mol. The average molecular weight is 484 g/mol. The second kappa shape index (κ2) is 8.77. The molecule has 5 nitrogen and oxygen atoms in total. The van der Waals surface area contributed by atoms with Crippen molar-refractivity contribution < 1.29 is 31.1 Å². The van der Waals surface area contributed by atoms with Crippen LogP contribution in [-0.2, 0) is 6.18 Å². The Hall–Kier alpha value is -3.37. The minimum Gasteiger partial charge on any atom is -0.439 e. The first kappa shape index (κ1) is 23.8. The lowest BCUT2D eigenvalue weighted by molar-refractivity contribution is -0.137. The maximum atomic E-state index is 13.2. The van der Waals surface area contributed by atoms with Crippen LogP contribution in [0.4, 0.5) is 43.4 Å². The van der Waals surface area contributed by atoms with Gasteiger partial charge in [-0.2, -0.15) is 26.3 Å². The predicted octanol–water partition coefficient (Wildman–Crippen LogP) is 6.76. The quantitative estimate of drug-likeness (QED) is 0.461. The molecule has 4 rings (SSSR count). The normalized spacial score (nSPS) is 18.3. The van der Waals surface area contributed by atoms with E-state index in [0.29, 0.717) is 17.1 Å². The van der Waals surface area contributed by atoms with Gasteiger partial charge in [0.2, 0.25) is 5.88 Å². The Morgan fingerprint density at radius 3 is 2.35 bits per heavy atom. The van der Waals surface area contributed by atoms with Gasteiger partial charge in [-0.15, -0.1) is 0 Å². The van der Waals surface area contributed by atoms with Gasteiger partial charge in [0.15, 0.2) is 6.29 Å². The topological polar surface area (TPSA) is 48.9 Å². The molecule has 1 atom stereocenters. The number of nitrogens with one attached hydrogen (secondary N) is 2. The zero-order valence-electron chi connectivity index (χ0n) is 18.3. The fourth-order valence-corrected chi connectivity index (χ4v) is 3.87. The Morgan fingerprint density at radius 1 is 1.03 bits per heavy atom. The molecule has 1 unspecified atom stereocenters. The average Bonchev–Trinajstić information content (AvgIpc) is 3.11. The van der Waals surface area contributed by atoms with E-state index in [4.69, 9.17) is 4.74 Å². The summed E-state index contributed by atoms with van der Waals surface area (Å²) in [4.78, 5) is 5.65. The van der Waals surface area contributed by atoms with Crippen LogP contribution in [0.2, 0.25) is 0 Å². The number of fused-ring (bicyclic) bond motifs is 1. The molecule has 0 spiro atoms. The summed E-state index contributed by atoms with van der Waals surface area (Å²) in [5, 5.41) is 6.26. The molecule has 0 radical (unpaired) electrons. The van der Waals surface area contributed by atoms with Crippen LogP contribution in [0.3, 0.4) is 0 Å². The summed E-state index contributed by atoms with van der Waals surface area (Å²) in [5.74, 6) is -0.293. The number of anilines is 3. The molecule has 0 aromatic heterocycles. The molecule has 2 aliphatic heterocycles. The molecule has 0 amide bonds. The van der Waals surface area contributed by atoms with E-state index in [-0.39, 0.29) is 24.6 Å². The molecule has 2 aliphatic rings. The first-order valence-corrected chi connectivity index (χ1v) is 10.6. The molecule has 0 fully saturated rings. The lowest BCUT2D eigenvalue weighted by Crippen LogP contribution is -2.45. The van der Waals surface area contributed by atoms with Crippen molar-refractivity contribution in [1.29, 1.82) is 0 Å². The van der Waals surface area contributed by atoms with Crippen LogP contribution in [0.25, 0.3) is 0 Å². The zero-order chi connectivity index (χ0) is 24.7. The number of allylic oxidation sites excluding steroid dienone is 1. The number of hydrogen-bond acceptors (Lipinski definition) is 5. The number of halogens is 6. The van der Waals surface area contributed by atoms with Crippen LogP contribution in [-0.4, -0.2) is 24.7 Å². The zero-order valence-corrected chi connectivity index (χ0v) is 18.3. The van der Waals surface area contributed by atoms with E-state index in [9.17, 15) is 26.3 Å². The molecule has 0 saturated carbocycles. The fraction of sp³-hybridized carbons (Fsp3) is 0.348. The lowest BCUT2D eigenvalue weighted by atomic mass is 10.1. The van der Waals surface area contributed by atoms with Crippen molar-refractivity contribution in [1.82, 2.24) is 0 Å². The van der Waals surface area contributed by atoms with Crippen molar-refractivity contribution in [3.05, 3.63) is 59.5 Å². The molecule has 34 heavy (non-hydrogen) atoms. The monoisotopic (exact) mass is 484 g/mol. The van der Waals surface area contributed by atoms with Crippen molar-refractivity contribution in [3.8, 4) is 5.75 Å². The number of nitrogens with zero attached hydrogens (tertiary/aromatic N) is 2. The molecule has 0 aliphatic carbocycles. The second-order valence-corrected chi connectivity index (χ2v) is 8.18. The first-order valence-electron chi connectivity index (χ1n) is 10.6. The molecule has 0 bridgehead atoms. The Kier molecular flexibility index (Phi) is 6.13. The molecule has 2 N–H and O–H groups in total. The van der Waals surface area contributed by atoms with Crippen LogP contribution in [0, 0.1) is 0 Å². The van der Waals surface area contributed by atoms with Crippen LogP contribution in [0.1, 0.15) is 32.3 Å². The highest BCUT2D eigenvalue weighted by Crippen LogP contribution is 2.41. The number of benzene rings is 2. The van der Waals surface area contributed by atoms with E-state index < -0.39 is 35.7 Å². The number of alkyl halides is 6. The summed E-state index contributed by atoms with van der Waals surface area (Å²) in [5.41, 5.74) is 0.0138. The summed E-state index contributed by atoms with van der Waals surface area (Å²) >= 11 is 0. The van der Waals surface area contributed by atoms with Crippen LogP contribution < -0.4 is 20.3 Å². The van der Waals surface area contributed by atoms with Gasteiger partial charge in [-0.25, -0.2) is 4.99 Å². The van der Waals surface area contributed by atoms with Crippen LogP contribution in [0.15, 0.2) is 58.9 Å². The van der Waals surface area contributed by atoms with Gasteiger partial charge in [0.05, 0.1) is 22.5 Å². The van der Waals surface area contributed by atoms with Crippen molar-refractivity contribution in [2.45, 2.75) is 51.4 Å². The third kappa shape index (κ3) is 4.92. The molecular formula is C23H22F6N4O. The maximum Gasteiger partial charge on any atom is 0.417 e. The first-order chi connectivity index (χ1) is 15.9. The summed E-state index contributed by atoms with van der Waals surface area (Å²) in [7, 11) is 0. The Morgan fingerprint density at radius 2 is 1.74 bits per heavy atom. The van der Waals surface area contributed by atoms with Gasteiger partial charge >= 0.3 is 12.4 Å². The van der Waals surface area contributed by atoms with Gasteiger partial charge in [0, 0.05) is 17.9 Å². The minimum absolute atomic E-state index is 0.0394. The highest BCUT2D eigenvalue weighted by atomic mass is 19.4. The predicted molar refractivity (Wildman–Crippen MR) is 118 cm³/mol. The number of rotatable bonds is 5. The van der Waals surface area contributed by atoms with Crippen molar-refractivity contribution in [3.63, 3.8) is 0 Å². The SMILES string of the molecule is CC(C)N1c2ccc(C(F)(F)F)cc2NC1Nc1ccc(OC2=C(C(F)(F)F)CCC=N2)cc1. The maximum absolute atomic E-state index is 13.2. The highest BCUT2D eigenvalue weighted by Gasteiger charge is 2.38. The fourth-order valence-electron chi connectivity index (χ4n) is 3.87. The van der Waals surface area contributed by atoms with E-state index >= 15 is 0 Å². The van der Waals surface area contributed by atoms with Crippen LogP contribution >= 0.6 is 0 Å². The Balaban J connectivity index is 1.50. The minimum atomic E-state index is -4.52. The molecule has 0 saturated heterocycles. The molecule has 2 aromatic rings. The van der Waals surface area contributed by atoms with Crippen molar-refractivity contribution >= 4 is 23.3 Å². The van der Waals surface area contributed by atoms with Gasteiger partial charge in [0.25, 0.3) is 0 Å². The van der Waals surface area contributed by atoms with Crippen LogP contribution in [0.5, 0.6) is 5.75 Å². The third-order valence-electron chi connectivity index (χ3n) is 5.43. The highest BCUT2D eigenvalue weighted by molar-refractivity contribution is 5.78. The molecule has 2 aromatic carbocycles. The molecule has 11 heteroatoms. The van der Waals surface area contributed by atoms with E-state index in [1.807, 2.05) is 18.7 Å². The van der Waals surface area contributed by atoms with E-state index in [2.05, 4.69) is 15.6 Å². The second-order valence-electron chi connectivity index (χ2n) is 8.18. The number of aliphatic imine (C=N–C) groups is 1. The Labute approximate surface area is 192 Å². The summed E-state index contributed by atoms with van der Waals surface area (Å²) in [6.45, 7) is 3.83. The lowest BCUT2D eigenvalue weighted by Gasteiger charge is -2.31. The van der Waals surface area contributed by atoms with E-state index in [0.717, 1.165) is 12.1 Å². The van der Waals surface area contributed by atoms with Gasteiger partial charge in [-0.3, -0.25) is 0 Å². The smallest absolute Gasteiger partial charge is 0.417 e. The Bertz CT molecular complexity index is 1110. The summed E-state index contributed by atoms with van der Waals surface area (Å²) < 4.78 is 84.3. The molecule has 182 valence electrons. The largest absolute Gasteiger partial charge is 0.439 e. The van der Waals surface area contributed by atoms with Gasteiger partial charge in [-0.1, -0.05) is 0 Å². The summed E-state index contributed by atoms with van der Waals surface area (Å²) in [6.07, 6.45) is -8.13. The third-order valence-corrected chi connectivity index (χ3v) is 5.43. The van der Waals surface area contributed by atoms with Gasteiger partial charge in [0.1, 0.15) is 5.75 Å². The van der Waals surface area contributed by atoms with Gasteiger partial charge in [-0.05, 0) is 69.2 Å². The molecule has 2 heterocycles.